The molecule has 1 aromatic carbocycles. The summed E-state index contributed by atoms with van der Waals surface area (Å²) in [6.45, 7) is 6.08. The summed E-state index contributed by atoms with van der Waals surface area (Å²) in [5.74, 6) is 1.89. The van der Waals surface area contributed by atoms with Crippen LogP contribution in [0.2, 0.25) is 0 Å². The molecule has 0 N–H and O–H groups in total. The highest BCUT2D eigenvalue weighted by Gasteiger charge is 1.97. The average Bonchev–Trinajstić information content (AvgIpc) is 2.61. The number of hydrogen-bond donors (Lipinski definition) is 0. The van der Waals surface area contributed by atoms with Gasteiger partial charge in [-0.05, 0) is 37.1 Å². The molecule has 138 valence electrons. The highest BCUT2D eigenvalue weighted by Crippen LogP contribution is 2.18. The van der Waals surface area contributed by atoms with Gasteiger partial charge >= 0.3 is 0 Å². The van der Waals surface area contributed by atoms with E-state index in [2.05, 4.69) is 13.8 Å². The molecular weight excluding hydrogens is 296 g/mol. The van der Waals surface area contributed by atoms with Gasteiger partial charge in [-0.1, -0.05) is 78.1 Å². The molecule has 0 saturated carbocycles. The molecule has 0 aliphatic heterocycles. The Morgan fingerprint density at radius 1 is 0.500 bits per heavy atom. The maximum atomic E-state index is 5.80. The summed E-state index contributed by atoms with van der Waals surface area (Å²) in [6, 6.07) is 8.03. The molecule has 0 amide bonds. The number of ether oxygens (including phenoxy) is 2. The smallest absolute Gasteiger partial charge is 0.119 e. The van der Waals surface area contributed by atoms with E-state index in [1.165, 1.54) is 64.2 Å². The molecule has 0 radical (unpaired) electrons. The third kappa shape index (κ3) is 11.4. The van der Waals surface area contributed by atoms with Crippen LogP contribution in [0.4, 0.5) is 0 Å². The van der Waals surface area contributed by atoms with Crippen LogP contribution >= 0.6 is 0 Å². The van der Waals surface area contributed by atoms with Crippen LogP contribution in [0, 0.1) is 0 Å². The summed E-state index contributed by atoms with van der Waals surface area (Å²) in [7, 11) is 0. The van der Waals surface area contributed by atoms with Gasteiger partial charge < -0.3 is 9.47 Å². The fourth-order valence-electron chi connectivity index (χ4n) is 2.75. The number of benzene rings is 1. The minimum absolute atomic E-state index is 0.801. The maximum Gasteiger partial charge on any atom is 0.119 e. The highest BCUT2D eigenvalue weighted by atomic mass is 16.5. The van der Waals surface area contributed by atoms with Crippen molar-refractivity contribution >= 4 is 0 Å². The Hall–Kier alpha value is -1.18. The fraction of sp³-hybridized carbons (Fsp3) is 0.727. The third-order valence-corrected chi connectivity index (χ3v) is 4.36. The average molecular weight is 335 g/mol. The van der Waals surface area contributed by atoms with Crippen LogP contribution in [0.3, 0.4) is 0 Å². The zero-order chi connectivity index (χ0) is 17.3. The summed E-state index contributed by atoms with van der Waals surface area (Å²) in [4.78, 5) is 0. The molecule has 0 fully saturated rings. The molecule has 0 atom stereocenters. The van der Waals surface area contributed by atoms with Crippen LogP contribution in [0.25, 0.3) is 0 Å². The highest BCUT2D eigenvalue weighted by molar-refractivity contribution is 5.31. The second-order valence-electron chi connectivity index (χ2n) is 6.70. The molecule has 0 aliphatic carbocycles. The van der Waals surface area contributed by atoms with Gasteiger partial charge in [0.1, 0.15) is 11.5 Å². The first-order chi connectivity index (χ1) is 11.9. The number of unbranched alkanes of at least 4 members (excludes halogenated alkanes) is 10. The van der Waals surface area contributed by atoms with Crippen LogP contribution in [0.1, 0.15) is 90.9 Å². The summed E-state index contributed by atoms with van der Waals surface area (Å²) >= 11 is 0. The van der Waals surface area contributed by atoms with Gasteiger partial charge in [-0.3, -0.25) is 0 Å². The molecule has 0 spiro atoms. The van der Waals surface area contributed by atoms with Crippen molar-refractivity contribution in [2.45, 2.75) is 90.9 Å². The molecule has 0 unspecified atom stereocenters. The van der Waals surface area contributed by atoms with Gasteiger partial charge in [-0.15, -0.1) is 0 Å². The number of rotatable bonds is 16. The molecule has 24 heavy (non-hydrogen) atoms. The lowest BCUT2D eigenvalue weighted by molar-refractivity contribution is 0.298. The fourth-order valence-corrected chi connectivity index (χ4v) is 2.75. The second-order valence-corrected chi connectivity index (χ2v) is 6.70. The van der Waals surface area contributed by atoms with Crippen molar-refractivity contribution in [2.75, 3.05) is 13.2 Å². The van der Waals surface area contributed by atoms with Gasteiger partial charge in [0.25, 0.3) is 0 Å². The van der Waals surface area contributed by atoms with Crippen molar-refractivity contribution in [3.8, 4) is 11.5 Å². The minimum Gasteiger partial charge on any atom is -0.494 e. The molecule has 1 aromatic rings. The lowest BCUT2D eigenvalue weighted by Crippen LogP contribution is -1.98. The SMILES string of the molecule is CCCCCCCCCCCCOc1ccc(OCCCC)cc1. The zero-order valence-electron chi connectivity index (χ0n) is 16.0. The largest absolute Gasteiger partial charge is 0.494 e. The lowest BCUT2D eigenvalue weighted by Gasteiger charge is -2.08. The summed E-state index contributed by atoms with van der Waals surface area (Å²) in [5, 5.41) is 0. The first-order valence-electron chi connectivity index (χ1n) is 10.2. The van der Waals surface area contributed by atoms with Crippen molar-refractivity contribution in [1.29, 1.82) is 0 Å². The van der Waals surface area contributed by atoms with E-state index in [4.69, 9.17) is 9.47 Å². The Labute approximate surface area is 149 Å². The van der Waals surface area contributed by atoms with E-state index < -0.39 is 0 Å². The van der Waals surface area contributed by atoms with Gasteiger partial charge in [-0.25, -0.2) is 0 Å². The summed E-state index contributed by atoms with van der Waals surface area (Å²) in [5.41, 5.74) is 0. The van der Waals surface area contributed by atoms with Crippen molar-refractivity contribution in [1.82, 2.24) is 0 Å². The maximum absolute atomic E-state index is 5.80. The third-order valence-electron chi connectivity index (χ3n) is 4.36. The standard InChI is InChI=1S/C22H38O2/c1-3-5-7-8-9-10-11-12-13-14-20-24-22-17-15-21(16-18-22)23-19-6-4-2/h15-18H,3-14,19-20H2,1-2H3. The van der Waals surface area contributed by atoms with Crippen molar-refractivity contribution < 1.29 is 9.47 Å². The Morgan fingerprint density at radius 2 is 0.875 bits per heavy atom. The van der Waals surface area contributed by atoms with E-state index in [1.807, 2.05) is 24.3 Å². The molecule has 1 rings (SSSR count). The van der Waals surface area contributed by atoms with Gasteiger partial charge in [0.05, 0.1) is 13.2 Å². The Kier molecular flexibility index (Phi) is 13.3. The van der Waals surface area contributed by atoms with E-state index in [0.717, 1.165) is 37.6 Å². The molecule has 0 bridgehead atoms. The van der Waals surface area contributed by atoms with Gasteiger partial charge in [0, 0.05) is 0 Å². The molecule has 2 heteroatoms. The van der Waals surface area contributed by atoms with Crippen molar-refractivity contribution in [3.63, 3.8) is 0 Å². The van der Waals surface area contributed by atoms with E-state index in [1.54, 1.807) is 0 Å². The predicted octanol–water partition coefficient (Wildman–Crippen LogP) is 7.17. The molecular formula is C22H38O2. The quantitative estimate of drug-likeness (QED) is 0.298. The Bertz CT molecular complexity index is 372. The molecule has 0 aromatic heterocycles. The summed E-state index contributed by atoms with van der Waals surface area (Å²) < 4.78 is 11.5. The predicted molar refractivity (Wildman–Crippen MR) is 104 cm³/mol. The molecule has 2 nitrogen and oxygen atoms in total. The van der Waals surface area contributed by atoms with E-state index >= 15 is 0 Å². The first kappa shape index (κ1) is 20.9. The van der Waals surface area contributed by atoms with Gasteiger partial charge in [0.2, 0.25) is 0 Å². The first-order valence-corrected chi connectivity index (χ1v) is 10.2. The Morgan fingerprint density at radius 3 is 1.33 bits per heavy atom. The van der Waals surface area contributed by atoms with E-state index in [0.29, 0.717) is 0 Å². The number of hydrogen-bond acceptors (Lipinski definition) is 2. The topological polar surface area (TPSA) is 18.5 Å². The molecule has 0 heterocycles. The van der Waals surface area contributed by atoms with Crippen LogP contribution in [-0.2, 0) is 0 Å². The normalized spacial score (nSPS) is 10.8. The second kappa shape index (κ2) is 15.4. The monoisotopic (exact) mass is 334 g/mol. The van der Waals surface area contributed by atoms with Crippen LogP contribution < -0.4 is 9.47 Å². The minimum atomic E-state index is 0.801. The van der Waals surface area contributed by atoms with Crippen molar-refractivity contribution in [3.05, 3.63) is 24.3 Å². The lowest BCUT2D eigenvalue weighted by atomic mass is 10.1. The van der Waals surface area contributed by atoms with E-state index in [-0.39, 0.29) is 0 Å². The van der Waals surface area contributed by atoms with Gasteiger partial charge in [-0.2, -0.15) is 0 Å². The van der Waals surface area contributed by atoms with E-state index in [9.17, 15) is 0 Å². The zero-order valence-corrected chi connectivity index (χ0v) is 16.0. The molecule has 0 aliphatic rings. The van der Waals surface area contributed by atoms with Crippen LogP contribution in [0.5, 0.6) is 11.5 Å². The van der Waals surface area contributed by atoms with Crippen LogP contribution in [0.15, 0.2) is 24.3 Å². The van der Waals surface area contributed by atoms with Crippen molar-refractivity contribution in [2.24, 2.45) is 0 Å². The summed E-state index contributed by atoms with van der Waals surface area (Å²) in [6.07, 6.45) is 15.9. The molecule has 0 saturated heterocycles. The van der Waals surface area contributed by atoms with Crippen LogP contribution in [-0.4, -0.2) is 13.2 Å². The van der Waals surface area contributed by atoms with Gasteiger partial charge in [0.15, 0.2) is 0 Å². The Balaban J connectivity index is 1.93.